The van der Waals surface area contributed by atoms with Crippen LogP contribution < -0.4 is 25.9 Å². The van der Waals surface area contributed by atoms with Crippen molar-refractivity contribution in [1.29, 1.82) is 0 Å². The Kier molecular flexibility index (Phi) is 5.06. The van der Waals surface area contributed by atoms with Gasteiger partial charge >= 0.3 is 5.96 Å². The molecule has 0 aliphatic carbocycles. The van der Waals surface area contributed by atoms with E-state index in [1.165, 1.54) is 0 Å². The highest BCUT2D eigenvalue weighted by Crippen LogP contribution is 2.32. The molecule has 1 aliphatic rings. The third-order valence-electron chi connectivity index (χ3n) is 2.01. The zero-order valence-electron chi connectivity index (χ0n) is 9.74. The number of nitrogens with two attached hydrogens (primary N) is 3. The third kappa shape index (κ3) is 6.57. The van der Waals surface area contributed by atoms with Gasteiger partial charge in [-0.05, 0) is 18.2 Å². The van der Waals surface area contributed by atoms with Gasteiger partial charge in [0, 0.05) is 16.0 Å². The van der Waals surface area contributed by atoms with Gasteiger partial charge in [-0.15, -0.1) is 0 Å². The normalized spacial score (nSPS) is 12.5. The van der Waals surface area contributed by atoms with E-state index in [1.807, 2.05) is 18.2 Å². The highest BCUT2D eigenvalue weighted by atomic mass is 32.3. The van der Waals surface area contributed by atoms with Crippen molar-refractivity contribution in [2.24, 2.45) is 5.73 Å². The zero-order chi connectivity index (χ0) is 14.5. The fourth-order valence-electron chi connectivity index (χ4n) is 1.30. The Morgan fingerprint density at radius 3 is 2.53 bits per heavy atom. The van der Waals surface area contributed by atoms with Crippen molar-refractivity contribution < 1.29 is 37.7 Å². The molecular weight excluding hydrogens is 278 g/mol. The first-order chi connectivity index (χ1) is 8.75. The minimum absolute atomic E-state index is 0.299. The van der Waals surface area contributed by atoms with E-state index < -0.39 is 10.4 Å². The van der Waals surface area contributed by atoms with E-state index in [1.54, 1.807) is 5.32 Å². The van der Waals surface area contributed by atoms with Crippen LogP contribution in [0, 0.1) is 0 Å². The number of quaternary nitrogens is 1. The van der Waals surface area contributed by atoms with Gasteiger partial charge < -0.3 is 18.6 Å². The molecule has 0 amide bonds. The van der Waals surface area contributed by atoms with Crippen molar-refractivity contribution in [3.63, 3.8) is 0 Å². The van der Waals surface area contributed by atoms with E-state index in [0.717, 1.165) is 17.1 Å². The summed E-state index contributed by atoms with van der Waals surface area (Å²) in [6.45, 7) is 1.01. The van der Waals surface area contributed by atoms with Crippen LogP contribution in [0.3, 0.4) is 0 Å². The Balaban J connectivity index is 0.000000312. The van der Waals surface area contributed by atoms with Crippen molar-refractivity contribution in [1.82, 2.24) is 0 Å². The Labute approximate surface area is 109 Å². The Bertz CT molecular complexity index is 551. The van der Waals surface area contributed by atoms with Gasteiger partial charge in [-0.2, -0.15) is 0 Å². The molecule has 1 aromatic rings. The van der Waals surface area contributed by atoms with Gasteiger partial charge in [0.1, 0.15) is 6.54 Å². The lowest BCUT2D eigenvalue weighted by atomic mass is 10.2. The van der Waals surface area contributed by atoms with E-state index >= 15 is 0 Å². The summed E-state index contributed by atoms with van der Waals surface area (Å²) in [4.78, 5) is 0. The van der Waals surface area contributed by atoms with Crippen molar-refractivity contribution in [3.05, 3.63) is 23.8 Å². The summed E-state index contributed by atoms with van der Waals surface area (Å²) >= 11 is 0. The maximum absolute atomic E-state index is 8.52. The van der Waals surface area contributed by atoms with Crippen LogP contribution in [-0.2, 0) is 16.9 Å². The molecule has 0 unspecified atom stereocenters. The molecule has 6 N–H and O–H groups in total. The maximum Gasteiger partial charge on any atom is 0.434 e. The fraction of sp³-hybridized carbons (Fsp3) is 0.222. The predicted octanol–water partition coefficient (Wildman–Crippen LogP) is -3.79. The highest BCUT2D eigenvalue weighted by Gasteiger charge is 2.13. The molecule has 0 spiro atoms. The molecule has 0 bridgehead atoms. The van der Waals surface area contributed by atoms with Crippen molar-refractivity contribution >= 4 is 16.4 Å². The monoisotopic (exact) mass is 291 g/mol. The Hall–Kier alpha value is -1.88. The van der Waals surface area contributed by atoms with E-state index in [4.69, 9.17) is 38.1 Å². The fourth-order valence-corrected chi connectivity index (χ4v) is 1.30. The van der Waals surface area contributed by atoms with Gasteiger partial charge in [0.2, 0.25) is 6.79 Å². The van der Waals surface area contributed by atoms with Gasteiger partial charge in [0.05, 0.1) is 0 Å². The molecule has 1 aliphatic heterocycles. The lowest BCUT2D eigenvalue weighted by Gasteiger charge is -2.06. The topological polar surface area (TPSA) is 167 Å². The van der Waals surface area contributed by atoms with Crippen LogP contribution in [-0.4, -0.2) is 30.3 Å². The number of hydrogen-bond donors (Lipinski definition) is 3. The molecule has 1 aromatic carbocycles. The standard InChI is InChI=1S/C9H11N3O2.H2O4S/c10-9(11)12-4-6-1-2-7-8(3-6)14-5-13-7;1-5(2,3)4/h1-3H,4-5H2,(H4,10,11,12);(H2,1,2,3,4). The summed E-state index contributed by atoms with van der Waals surface area (Å²) in [5, 5.41) is 7.10. The summed E-state index contributed by atoms with van der Waals surface area (Å²) < 4.78 is 44.5. The van der Waals surface area contributed by atoms with Crippen LogP contribution in [0.4, 0.5) is 0 Å². The van der Waals surface area contributed by atoms with Gasteiger partial charge in [-0.3, -0.25) is 8.42 Å². The lowest BCUT2D eigenvalue weighted by Crippen LogP contribution is -2.95. The Morgan fingerprint density at radius 2 is 1.95 bits per heavy atom. The first-order valence-corrected chi connectivity index (χ1v) is 6.35. The molecule has 9 nitrogen and oxygen atoms in total. The maximum atomic E-state index is 8.52. The first-order valence-electron chi connectivity index (χ1n) is 5.02. The molecule has 106 valence electrons. The van der Waals surface area contributed by atoms with E-state index in [-0.39, 0.29) is 0 Å². The summed E-state index contributed by atoms with van der Waals surface area (Å²) in [7, 11) is -5.17. The smallest absolute Gasteiger partial charge is 0.434 e. The molecule has 19 heavy (non-hydrogen) atoms. The van der Waals surface area contributed by atoms with Crippen molar-refractivity contribution in [3.8, 4) is 11.5 Å². The van der Waals surface area contributed by atoms with Crippen molar-refractivity contribution in [2.75, 3.05) is 6.79 Å². The molecule has 0 atom stereocenters. The van der Waals surface area contributed by atoms with Crippen LogP contribution >= 0.6 is 0 Å². The predicted molar refractivity (Wildman–Crippen MR) is 59.8 cm³/mol. The van der Waals surface area contributed by atoms with Crippen LogP contribution in [0.25, 0.3) is 0 Å². The van der Waals surface area contributed by atoms with Gasteiger partial charge in [-0.25, -0.2) is 16.5 Å². The highest BCUT2D eigenvalue weighted by molar-refractivity contribution is 7.79. The number of rotatable bonds is 2. The second-order valence-electron chi connectivity index (χ2n) is 3.50. The van der Waals surface area contributed by atoms with Crippen LogP contribution in [0.1, 0.15) is 5.56 Å². The molecule has 0 fully saturated rings. The van der Waals surface area contributed by atoms with Gasteiger partial charge in [-0.1, -0.05) is 0 Å². The number of fused-ring (bicyclic) bond motifs is 1. The number of guanidine groups is 1. The number of benzene rings is 1. The minimum Gasteiger partial charge on any atom is -0.759 e. The van der Waals surface area contributed by atoms with E-state index in [0.29, 0.717) is 19.3 Å². The number of hydrogen-bond acceptors (Lipinski definition) is 6. The third-order valence-corrected chi connectivity index (χ3v) is 2.01. The molecule has 0 radical (unpaired) electrons. The lowest BCUT2D eigenvalue weighted by molar-refractivity contribution is -0.584. The first kappa shape index (κ1) is 15.2. The van der Waals surface area contributed by atoms with E-state index in [9.17, 15) is 0 Å². The summed E-state index contributed by atoms with van der Waals surface area (Å²) in [6, 6.07) is 5.78. The molecule has 2 rings (SSSR count). The number of ether oxygens (including phenoxy) is 2. The summed E-state index contributed by atoms with van der Waals surface area (Å²) in [6.07, 6.45) is 0. The summed E-state index contributed by atoms with van der Waals surface area (Å²) in [5.41, 5.74) is 6.44. The molecule has 0 saturated carbocycles. The molecule has 0 saturated heterocycles. The second kappa shape index (κ2) is 6.33. The average molecular weight is 291 g/mol. The summed E-state index contributed by atoms with van der Waals surface area (Å²) in [5.74, 6) is 1.91. The van der Waals surface area contributed by atoms with Crippen LogP contribution in [0.5, 0.6) is 11.5 Å². The average Bonchev–Trinajstić information content (AvgIpc) is 2.70. The SMILES string of the molecule is NC(=[NH2+])[NH2+]Cc1ccc2c(c1)OCO2.O=S(=O)([O-])[O-]. The van der Waals surface area contributed by atoms with E-state index in [2.05, 4.69) is 0 Å². The quantitative estimate of drug-likeness (QED) is 0.217. The molecular formula is C9H13N3O6S. The molecule has 0 aromatic heterocycles. The molecule has 10 heteroatoms. The van der Waals surface area contributed by atoms with Crippen LogP contribution in [0.2, 0.25) is 0 Å². The molecule has 1 heterocycles. The van der Waals surface area contributed by atoms with Gasteiger partial charge in [0.15, 0.2) is 11.5 Å². The largest absolute Gasteiger partial charge is 0.759 e. The van der Waals surface area contributed by atoms with Gasteiger partial charge in [0.25, 0.3) is 0 Å². The zero-order valence-corrected chi connectivity index (χ0v) is 10.6. The Morgan fingerprint density at radius 1 is 1.37 bits per heavy atom. The second-order valence-corrected chi connectivity index (χ2v) is 4.32. The minimum atomic E-state index is -5.17. The van der Waals surface area contributed by atoms with Crippen LogP contribution in [0.15, 0.2) is 18.2 Å². The van der Waals surface area contributed by atoms with Crippen molar-refractivity contribution in [2.45, 2.75) is 6.54 Å².